The monoisotopic (exact) mass is 509 g/mol. The second kappa shape index (κ2) is 12.8. The van der Waals surface area contributed by atoms with E-state index in [1.165, 1.54) is 0 Å². The van der Waals surface area contributed by atoms with Crippen molar-refractivity contribution in [3.63, 3.8) is 0 Å². The van der Waals surface area contributed by atoms with E-state index in [-0.39, 0.29) is 42.3 Å². The van der Waals surface area contributed by atoms with E-state index in [1.54, 1.807) is 31.1 Å². The Morgan fingerprint density at radius 1 is 0.966 bits per heavy atom. The van der Waals surface area contributed by atoms with Gasteiger partial charge in [-0.3, -0.25) is 9.59 Å². The molecule has 2 aromatic rings. The minimum Gasteiger partial charge on any atom is -0.357 e. The third-order valence-corrected chi connectivity index (χ3v) is 3.84. The van der Waals surface area contributed by atoms with Crippen molar-refractivity contribution < 1.29 is 9.59 Å². The molecule has 0 aliphatic rings. The predicted octanol–water partition coefficient (Wildman–Crippen LogP) is 2.70. The molecule has 0 fully saturated rings. The molecule has 0 aliphatic carbocycles. The number of guanidine groups is 1. The molecule has 7 nitrogen and oxygen atoms in total. The molecule has 0 aliphatic heterocycles. The zero-order valence-corrected chi connectivity index (χ0v) is 19.3. The van der Waals surface area contributed by atoms with E-state index in [4.69, 9.17) is 0 Å². The summed E-state index contributed by atoms with van der Waals surface area (Å²) in [5.74, 6) is 0.372. The van der Waals surface area contributed by atoms with Gasteiger partial charge in [0, 0.05) is 31.9 Å². The average molecular weight is 509 g/mol. The zero-order chi connectivity index (χ0) is 20.4. The summed E-state index contributed by atoms with van der Waals surface area (Å²) < 4.78 is 0. The molecule has 0 spiro atoms. The molecule has 0 saturated carbocycles. The molecule has 0 radical (unpaired) electrons. The molecule has 0 bridgehead atoms. The molecule has 8 heteroatoms. The number of para-hydroxylation sites is 1. The van der Waals surface area contributed by atoms with Gasteiger partial charge in [0.2, 0.25) is 5.91 Å². The van der Waals surface area contributed by atoms with Gasteiger partial charge in [0.25, 0.3) is 5.91 Å². The van der Waals surface area contributed by atoms with Crippen molar-refractivity contribution in [3.05, 3.63) is 65.7 Å². The van der Waals surface area contributed by atoms with Gasteiger partial charge < -0.3 is 20.9 Å². The van der Waals surface area contributed by atoms with E-state index in [0.29, 0.717) is 24.6 Å². The molecule has 0 saturated heterocycles. The van der Waals surface area contributed by atoms with Gasteiger partial charge in [0.1, 0.15) is 0 Å². The highest BCUT2D eigenvalue weighted by Crippen LogP contribution is 2.07. The number of nitrogens with zero attached hydrogens (tertiary/aromatic N) is 2. The van der Waals surface area contributed by atoms with Gasteiger partial charge in [0.15, 0.2) is 5.96 Å². The molecular formula is C21H28IN5O2. The Hall–Kier alpha value is -2.62. The van der Waals surface area contributed by atoms with Crippen LogP contribution < -0.4 is 16.0 Å². The van der Waals surface area contributed by atoms with E-state index in [9.17, 15) is 9.59 Å². The van der Waals surface area contributed by atoms with Crippen molar-refractivity contribution in [2.45, 2.75) is 13.5 Å². The third kappa shape index (κ3) is 8.51. The first-order chi connectivity index (χ1) is 13.5. The first-order valence-electron chi connectivity index (χ1n) is 9.17. The van der Waals surface area contributed by atoms with Crippen molar-refractivity contribution in [1.29, 1.82) is 0 Å². The second-order valence-electron chi connectivity index (χ2n) is 6.36. The van der Waals surface area contributed by atoms with Crippen molar-refractivity contribution >= 4 is 47.4 Å². The molecule has 3 N–H and O–H groups in total. The van der Waals surface area contributed by atoms with Gasteiger partial charge in [-0.1, -0.05) is 30.3 Å². The van der Waals surface area contributed by atoms with Gasteiger partial charge >= 0.3 is 0 Å². The van der Waals surface area contributed by atoms with Gasteiger partial charge in [0.05, 0.1) is 13.1 Å². The Morgan fingerprint density at radius 2 is 1.62 bits per heavy atom. The lowest BCUT2D eigenvalue weighted by Crippen LogP contribution is -2.41. The van der Waals surface area contributed by atoms with Crippen LogP contribution in [0.5, 0.6) is 0 Å². The molecule has 2 amide bonds. The van der Waals surface area contributed by atoms with Gasteiger partial charge in [-0.25, -0.2) is 4.99 Å². The fourth-order valence-electron chi connectivity index (χ4n) is 2.41. The van der Waals surface area contributed by atoms with E-state index >= 15 is 0 Å². The highest BCUT2D eigenvalue weighted by Gasteiger charge is 2.07. The molecular weight excluding hydrogens is 481 g/mol. The van der Waals surface area contributed by atoms with Crippen LogP contribution in [-0.2, 0) is 11.3 Å². The highest BCUT2D eigenvalue weighted by molar-refractivity contribution is 14.0. The van der Waals surface area contributed by atoms with Crippen LogP contribution >= 0.6 is 24.0 Å². The maximum atomic E-state index is 12.1. The Labute approximate surface area is 189 Å². The Balaban J connectivity index is 0.00000420. The molecule has 0 aromatic heterocycles. The number of anilines is 1. The zero-order valence-electron chi connectivity index (χ0n) is 16.9. The lowest BCUT2D eigenvalue weighted by Gasteiger charge is -2.12. The minimum absolute atomic E-state index is 0. The number of carbonyl (C=O) groups excluding carboxylic acids is 2. The third-order valence-electron chi connectivity index (χ3n) is 3.84. The summed E-state index contributed by atoms with van der Waals surface area (Å²) in [7, 11) is 3.45. The standard InChI is InChI=1S/C21H27N5O2.HI/c1-4-22-21(24-15-19(27)25-18-8-6-5-7-9-18)23-14-16-10-12-17(13-11-16)20(28)26(2)3;/h5-13H,4,14-15H2,1-3H3,(H,25,27)(H2,22,23,24);1H. The smallest absolute Gasteiger partial charge is 0.253 e. The Bertz CT molecular complexity index is 808. The molecule has 156 valence electrons. The number of hydrogen-bond acceptors (Lipinski definition) is 3. The van der Waals surface area contributed by atoms with E-state index in [2.05, 4.69) is 20.9 Å². The van der Waals surface area contributed by atoms with Crippen LogP contribution in [-0.4, -0.2) is 49.9 Å². The van der Waals surface area contributed by atoms with E-state index < -0.39 is 0 Å². The topological polar surface area (TPSA) is 85.8 Å². The SMILES string of the molecule is CCNC(=NCc1ccc(C(=O)N(C)C)cc1)NCC(=O)Nc1ccccc1.I. The van der Waals surface area contributed by atoms with Crippen LogP contribution in [0, 0.1) is 0 Å². The molecule has 0 atom stereocenters. The second-order valence-corrected chi connectivity index (χ2v) is 6.36. The molecule has 2 aromatic carbocycles. The molecule has 29 heavy (non-hydrogen) atoms. The first-order valence-corrected chi connectivity index (χ1v) is 9.17. The average Bonchev–Trinajstić information content (AvgIpc) is 2.70. The number of rotatable bonds is 7. The quantitative estimate of drug-likeness (QED) is 0.305. The van der Waals surface area contributed by atoms with E-state index in [0.717, 1.165) is 11.3 Å². The number of nitrogens with one attached hydrogen (secondary N) is 3. The number of amides is 2. The van der Waals surface area contributed by atoms with Crippen molar-refractivity contribution in [3.8, 4) is 0 Å². The van der Waals surface area contributed by atoms with Crippen LogP contribution in [0.2, 0.25) is 0 Å². The van der Waals surface area contributed by atoms with Crippen molar-refractivity contribution in [1.82, 2.24) is 15.5 Å². The number of aliphatic imine (C=N–C) groups is 1. The number of carbonyl (C=O) groups is 2. The summed E-state index contributed by atoms with van der Waals surface area (Å²) in [5, 5.41) is 8.96. The lowest BCUT2D eigenvalue weighted by atomic mass is 10.1. The van der Waals surface area contributed by atoms with Crippen LogP contribution in [0.4, 0.5) is 5.69 Å². The Kier molecular flexibility index (Phi) is 10.7. The summed E-state index contributed by atoms with van der Waals surface area (Å²) in [4.78, 5) is 30.0. The summed E-state index contributed by atoms with van der Waals surface area (Å²) in [6, 6.07) is 16.6. The number of hydrogen-bond donors (Lipinski definition) is 3. The van der Waals surface area contributed by atoms with Crippen LogP contribution in [0.25, 0.3) is 0 Å². The van der Waals surface area contributed by atoms with E-state index in [1.807, 2.05) is 49.4 Å². The van der Waals surface area contributed by atoms with Gasteiger partial charge in [-0.2, -0.15) is 0 Å². The molecule has 0 unspecified atom stereocenters. The first kappa shape index (κ1) is 24.4. The fourth-order valence-corrected chi connectivity index (χ4v) is 2.41. The minimum atomic E-state index is -0.150. The van der Waals surface area contributed by atoms with Gasteiger partial charge in [-0.05, 0) is 36.8 Å². The van der Waals surface area contributed by atoms with Crippen LogP contribution in [0.1, 0.15) is 22.8 Å². The molecule has 2 rings (SSSR count). The largest absolute Gasteiger partial charge is 0.357 e. The maximum Gasteiger partial charge on any atom is 0.253 e. The summed E-state index contributed by atoms with van der Waals surface area (Å²) in [6.45, 7) is 3.19. The summed E-state index contributed by atoms with van der Waals surface area (Å²) >= 11 is 0. The lowest BCUT2D eigenvalue weighted by molar-refractivity contribution is -0.115. The normalized spacial score (nSPS) is 10.5. The van der Waals surface area contributed by atoms with Crippen molar-refractivity contribution in [2.24, 2.45) is 4.99 Å². The predicted molar refractivity (Wildman–Crippen MR) is 128 cm³/mol. The highest BCUT2D eigenvalue weighted by atomic mass is 127. The van der Waals surface area contributed by atoms with Crippen LogP contribution in [0.3, 0.4) is 0 Å². The summed E-state index contributed by atoms with van der Waals surface area (Å²) in [6.07, 6.45) is 0. The van der Waals surface area contributed by atoms with Gasteiger partial charge in [-0.15, -0.1) is 24.0 Å². The number of halogens is 1. The van der Waals surface area contributed by atoms with Crippen LogP contribution in [0.15, 0.2) is 59.6 Å². The Morgan fingerprint density at radius 3 is 2.21 bits per heavy atom. The molecule has 0 heterocycles. The number of benzene rings is 2. The fraction of sp³-hybridized carbons (Fsp3) is 0.286. The van der Waals surface area contributed by atoms with Crippen molar-refractivity contribution in [2.75, 3.05) is 32.5 Å². The summed E-state index contributed by atoms with van der Waals surface area (Å²) in [5.41, 5.74) is 2.37. The maximum absolute atomic E-state index is 12.1.